The number of primary amides is 1. The highest BCUT2D eigenvalue weighted by Crippen LogP contribution is 2.09. The molecule has 12 heteroatoms. The lowest BCUT2D eigenvalue weighted by Crippen LogP contribution is -2.55. The summed E-state index contributed by atoms with van der Waals surface area (Å²) in [5.41, 5.74) is 5.06. The Kier molecular flexibility index (Phi) is 12.9. The fraction of sp³-hybridized carbons (Fsp3) is 0.652. The maximum absolute atomic E-state index is 13.0. The second-order valence-corrected chi connectivity index (χ2v) is 9.45. The zero-order chi connectivity index (χ0) is 26.5. The Hall–Kier alpha value is -3.02. The van der Waals surface area contributed by atoms with Crippen LogP contribution in [0.15, 0.2) is 12.2 Å². The van der Waals surface area contributed by atoms with E-state index in [9.17, 15) is 24.0 Å². The van der Waals surface area contributed by atoms with E-state index in [2.05, 4.69) is 21.3 Å². The number of hydrogen-bond acceptors (Lipinski definition) is 6. The molecule has 0 unspecified atom stereocenters. The fourth-order valence-electron chi connectivity index (χ4n) is 3.44. The van der Waals surface area contributed by atoms with Gasteiger partial charge < -0.3 is 27.0 Å². The van der Waals surface area contributed by atoms with E-state index < -0.39 is 18.1 Å². The number of nitrogens with one attached hydrogen (secondary N) is 4. The van der Waals surface area contributed by atoms with Gasteiger partial charge in [0.25, 0.3) is 11.8 Å². The standard InChI is InChI=1S/C23H38N6O5S/c1-14(2)19(21(33)27-16(20(32)15(3)4)8-7-12-25-22(24)34)28-23(35)26-11-5-6-13-29-17(30)9-10-18(29)31/h9-10,14-16,19H,5-8,11-13H2,1-4H3,(H,27,33)(H3,24,25,34)(H2,26,28,35)/t16-,19-/m0/s1. The topological polar surface area (TPSA) is 163 Å². The van der Waals surface area contributed by atoms with Crippen molar-refractivity contribution in [1.29, 1.82) is 0 Å². The van der Waals surface area contributed by atoms with Gasteiger partial charge in [-0.05, 0) is 43.8 Å². The van der Waals surface area contributed by atoms with Crippen molar-refractivity contribution in [3.8, 4) is 0 Å². The molecule has 1 heterocycles. The van der Waals surface area contributed by atoms with Gasteiger partial charge in [0, 0.05) is 37.7 Å². The molecule has 0 fully saturated rings. The molecule has 0 radical (unpaired) electrons. The molecule has 0 aromatic carbocycles. The Morgan fingerprint density at radius 1 is 0.943 bits per heavy atom. The summed E-state index contributed by atoms with van der Waals surface area (Å²) in [4.78, 5) is 60.8. The number of carbonyl (C=O) groups excluding carboxylic acids is 5. The lowest BCUT2D eigenvalue weighted by Gasteiger charge is -2.27. The summed E-state index contributed by atoms with van der Waals surface area (Å²) >= 11 is 5.33. The molecular weight excluding hydrogens is 472 g/mol. The molecule has 1 aliphatic heterocycles. The molecule has 196 valence electrons. The van der Waals surface area contributed by atoms with Gasteiger partial charge in [-0.25, -0.2) is 4.79 Å². The first kappa shape index (κ1) is 30.0. The zero-order valence-electron chi connectivity index (χ0n) is 20.9. The summed E-state index contributed by atoms with van der Waals surface area (Å²) in [7, 11) is 0. The van der Waals surface area contributed by atoms with E-state index in [1.54, 1.807) is 13.8 Å². The van der Waals surface area contributed by atoms with Crippen LogP contribution in [0.5, 0.6) is 0 Å². The largest absolute Gasteiger partial charge is 0.363 e. The normalized spacial score (nSPS) is 14.7. The number of ketones is 1. The van der Waals surface area contributed by atoms with Crippen molar-refractivity contribution in [3.05, 3.63) is 12.2 Å². The minimum atomic E-state index is -0.688. The lowest BCUT2D eigenvalue weighted by atomic mass is 9.96. The van der Waals surface area contributed by atoms with Crippen LogP contribution in [0, 0.1) is 11.8 Å². The first-order chi connectivity index (χ1) is 16.4. The summed E-state index contributed by atoms with van der Waals surface area (Å²) < 4.78 is 0. The lowest BCUT2D eigenvalue weighted by molar-refractivity contribution is -0.136. The number of rotatable bonds is 15. The van der Waals surface area contributed by atoms with E-state index in [4.69, 9.17) is 18.0 Å². The van der Waals surface area contributed by atoms with Gasteiger partial charge >= 0.3 is 6.03 Å². The van der Waals surface area contributed by atoms with Crippen LogP contribution in [0.25, 0.3) is 0 Å². The summed E-state index contributed by atoms with van der Waals surface area (Å²) in [5, 5.41) is 11.7. The Morgan fingerprint density at radius 3 is 2.09 bits per heavy atom. The molecule has 0 aromatic heterocycles. The van der Waals surface area contributed by atoms with Crippen molar-refractivity contribution < 1.29 is 24.0 Å². The highest BCUT2D eigenvalue weighted by Gasteiger charge is 2.29. The van der Waals surface area contributed by atoms with Crippen molar-refractivity contribution in [2.45, 2.75) is 65.5 Å². The third-order valence-electron chi connectivity index (χ3n) is 5.43. The molecule has 1 aliphatic rings. The van der Waals surface area contributed by atoms with E-state index >= 15 is 0 Å². The van der Waals surface area contributed by atoms with Gasteiger partial charge in [0.15, 0.2) is 10.9 Å². The number of unbranched alkanes of at least 4 members (excludes halogenated alkanes) is 1. The zero-order valence-corrected chi connectivity index (χ0v) is 21.7. The number of nitrogens with zero attached hydrogens (tertiary/aromatic N) is 1. The van der Waals surface area contributed by atoms with Gasteiger partial charge in [-0.2, -0.15) is 0 Å². The van der Waals surface area contributed by atoms with Crippen LogP contribution in [0.2, 0.25) is 0 Å². The molecule has 0 spiro atoms. The van der Waals surface area contributed by atoms with Crippen LogP contribution >= 0.6 is 12.2 Å². The highest BCUT2D eigenvalue weighted by molar-refractivity contribution is 7.80. The summed E-state index contributed by atoms with van der Waals surface area (Å²) in [6.07, 6.45) is 4.65. The van der Waals surface area contributed by atoms with E-state index in [-0.39, 0.29) is 35.3 Å². The molecule has 35 heavy (non-hydrogen) atoms. The smallest absolute Gasteiger partial charge is 0.312 e. The molecule has 5 amide bonds. The number of hydrogen-bond donors (Lipinski definition) is 5. The van der Waals surface area contributed by atoms with Crippen molar-refractivity contribution in [2.75, 3.05) is 19.6 Å². The first-order valence-electron chi connectivity index (χ1n) is 11.9. The SMILES string of the molecule is CC(C)C(=O)[C@H](CCCNC(N)=O)NC(=O)[C@@H](NC(=S)NCCCCN1C(=O)C=CC1=O)C(C)C. The number of carbonyl (C=O) groups is 5. The third kappa shape index (κ3) is 10.8. The fourth-order valence-corrected chi connectivity index (χ4v) is 3.67. The second-order valence-electron chi connectivity index (χ2n) is 9.04. The van der Waals surface area contributed by atoms with Crippen LogP contribution in [-0.2, 0) is 19.2 Å². The predicted octanol–water partition coefficient (Wildman–Crippen LogP) is 0.339. The van der Waals surface area contributed by atoms with E-state index in [0.717, 1.165) is 0 Å². The minimum absolute atomic E-state index is 0.0919. The quantitative estimate of drug-likeness (QED) is 0.120. The Labute approximate surface area is 212 Å². The average molecular weight is 511 g/mol. The minimum Gasteiger partial charge on any atom is -0.363 e. The highest BCUT2D eigenvalue weighted by atomic mass is 32.1. The molecule has 2 atom stereocenters. The Balaban J connectivity index is 2.53. The van der Waals surface area contributed by atoms with Crippen LogP contribution < -0.4 is 27.0 Å². The molecule has 0 aromatic rings. The summed E-state index contributed by atoms with van der Waals surface area (Å²) in [6.45, 7) is 8.43. The maximum Gasteiger partial charge on any atom is 0.312 e. The van der Waals surface area contributed by atoms with Gasteiger partial charge in [-0.3, -0.25) is 24.1 Å². The van der Waals surface area contributed by atoms with Crippen LogP contribution in [-0.4, -0.2) is 71.3 Å². The Morgan fingerprint density at radius 2 is 1.54 bits per heavy atom. The van der Waals surface area contributed by atoms with E-state index in [1.165, 1.54) is 17.1 Å². The molecule has 0 saturated carbocycles. The third-order valence-corrected chi connectivity index (χ3v) is 5.69. The number of urea groups is 1. The van der Waals surface area contributed by atoms with E-state index in [1.807, 2.05) is 13.8 Å². The summed E-state index contributed by atoms with van der Waals surface area (Å²) in [6, 6.07) is -1.99. The Bertz CT molecular complexity index is 811. The molecule has 11 nitrogen and oxygen atoms in total. The average Bonchev–Trinajstić information content (AvgIpc) is 3.10. The number of nitrogens with two attached hydrogens (primary N) is 1. The van der Waals surface area contributed by atoms with Gasteiger partial charge in [0.2, 0.25) is 5.91 Å². The number of imide groups is 1. The summed E-state index contributed by atoms with van der Waals surface area (Å²) in [5.74, 6) is -1.41. The van der Waals surface area contributed by atoms with Crippen molar-refractivity contribution in [2.24, 2.45) is 17.6 Å². The molecule has 1 rings (SSSR count). The first-order valence-corrected chi connectivity index (χ1v) is 12.3. The molecule has 0 aliphatic carbocycles. The molecule has 0 bridgehead atoms. The van der Waals surface area contributed by atoms with Crippen LogP contribution in [0.4, 0.5) is 4.79 Å². The van der Waals surface area contributed by atoms with Crippen molar-refractivity contribution >= 4 is 46.9 Å². The molecule has 6 N–H and O–H groups in total. The number of amides is 5. The monoisotopic (exact) mass is 510 g/mol. The van der Waals surface area contributed by atoms with Gasteiger partial charge in [0.1, 0.15) is 6.04 Å². The number of thiocarbonyl (C=S) groups is 1. The van der Waals surface area contributed by atoms with Crippen molar-refractivity contribution in [1.82, 2.24) is 26.2 Å². The molecule has 0 saturated heterocycles. The molecular formula is C23H38N6O5S. The van der Waals surface area contributed by atoms with E-state index in [0.29, 0.717) is 50.4 Å². The maximum atomic E-state index is 13.0. The van der Waals surface area contributed by atoms with Crippen molar-refractivity contribution in [3.63, 3.8) is 0 Å². The van der Waals surface area contributed by atoms with Gasteiger partial charge in [-0.15, -0.1) is 0 Å². The van der Waals surface area contributed by atoms with Crippen LogP contribution in [0.1, 0.15) is 53.4 Å². The second kappa shape index (κ2) is 15.1. The van der Waals surface area contributed by atoms with Gasteiger partial charge in [0.05, 0.1) is 6.04 Å². The number of Topliss-reactive ketones (excluding diaryl/α,β-unsaturated/α-hetero) is 1. The van der Waals surface area contributed by atoms with Gasteiger partial charge in [-0.1, -0.05) is 27.7 Å². The van der Waals surface area contributed by atoms with Crippen LogP contribution in [0.3, 0.4) is 0 Å². The predicted molar refractivity (Wildman–Crippen MR) is 136 cm³/mol.